The van der Waals surface area contributed by atoms with Gasteiger partial charge in [0, 0.05) is 6.04 Å². The Bertz CT molecular complexity index is 119. The molecule has 2 aliphatic rings. The van der Waals surface area contributed by atoms with E-state index < -0.39 is 0 Å². The van der Waals surface area contributed by atoms with Gasteiger partial charge in [0.25, 0.3) is 0 Å². The standard InChI is InChI=1S/C11H22N2/c1-2-4-11(3-1)13-8-6-10-5-7-12-9-10/h10-13H,1-9H2. The summed E-state index contributed by atoms with van der Waals surface area (Å²) in [4.78, 5) is 0. The summed E-state index contributed by atoms with van der Waals surface area (Å²) < 4.78 is 0. The minimum Gasteiger partial charge on any atom is -0.316 e. The van der Waals surface area contributed by atoms with Crippen LogP contribution in [0.15, 0.2) is 0 Å². The van der Waals surface area contributed by atoms with Crippen molar-refractivity contribution in [2.75, 3.05) is 19.6 Å². The zero-order chi connectivity index (χ0) is 8.93. The molecule has 1 unspecified atom stereocenters. The topological polar surface area (TPSA) is 24.1 Å². The molecule has 0 amide bonds. The van der Waals surface area contributed by atoms with Gasteiger partial charge in [-0.15, -0.1) is 0 Å². The summed E-state index contributed by atoms with van der Waals surface area (Å²) >= 11 is 0. The fraction of sp³-hybridized carbons (Fsp3) is 1.00. The van der Waals surface area contributed by atoms with Crippen molar-refractivity contribution in [3.63, 3.8) is 0 Å². The van der Waals surface area contributed by atoms with Crippen molar-refractivity contribution < 1.29 is 0 Å². The van der Waals surface area contributed by atoms with Gasteiger partial charge in [-0.2, -0.15) is 0 Å². The first-order chi connectivity index (χ1) is 6.45. The van der Waals surface area contributed by atoms with Gasteiger partial charge in [0.1, 0.15) is 0 Å². The third kappa shape index (κ3) is 2.96. The second kappa shape index (κ2) is 4.97. The van der Waals surface area contributed by atoms with Crippen molar-refractivity contribution in [2.24, 2.45) is 5.92 Å². The molecule has 0 radical (unpaired) electrons. The molecule has 2 rings (SSSR count). The molecule has 2 heteroatoms. The van der Waals surface area contributed by atoms with E-state index in [1.165, 1.54) is 58.2 Å². The van der Waals surface area contributed by atoms with E-state index in [9.17, 15) is 0 Å². The molecule has 1 aliphatic heterocycles. The van der Waals surface area contributed by atoms with E-state index in [1.54, 1.807) is 0 Å². The Balaban J connectivity index is 1.52. The zero-order valence-electron chi connectivity index (χ0n) is 8.52. The number of nitrogens with one attached hydrogen (secondary N) is 2. The molecule has 1 aliphatic carbocycles. The van der Waals surface area contributed by atoms with Gasteiger partial charge >= 0.3 is 0 Å². The first-order valence-electron chi connectivity index (χ1n) is 5.89. The van der Waals surface area contributed by atoms with Crippen molar-refractivity contribution >= 4 is 0 Å². The predicted molar refractivity (Wildman–Crippen MR) is 55.9 cm³/mol. The second-order valence-electron chi connectivity index (χ2n) is 4.58. The Hall–Kier alpha value is -0.0800. The second-order valence-corrected chi connectivity index (χ2v) is 4.58. The molecular weight excluding hydrogens is 160 g/mol. The first-order valence-corrected chi connectivity index (χ1v) is 5.89. The van der Waals surface area contributed by atoms with E-state index in [0.29, 0.717) is 0 Å². The lowest BCUT2D eigenvalue weighted by Crippen LogP contribution is -2.28. The summed E-state index contributed by atoms with van der Waals surface area (Å²) in [5, 5.41) is 7.10. The van der Waals surface area contributed by atoms with E-state index in [4.69, 9.17) is 0 Å². The Morgan fingerprint density at radius 3 is 2.69 bits per heavy atom. The van der Waals surface area contributed by atoms with Crippen LogP contribution in [0.2, 0.25) is 0 Å². The molecule has 0 bridgehead atoms. The maximum Gasteiger partial charge on any atom is 0.00670 e. The Labute approximate surface area is 81.5 Å². The van der Waals surface area contributed by atoms with Gasteiger partial charge in [0.2, 0.25) is 0 Å². The van der Waals surface area contributed by atoms with Gasteiger partial charge in [0.15, 0.2) is 0 Å². The Kier molecular flexibility index (Phi) is 3.62. The highest BCUT2D eigenvalue weighted by Gasteiger charge is 2.16. The molecule has 13 heavy (non-hydrogen) atoms. The summed E-state index contributed by atoms with van der Waals surface area (Å²) in [5.41, 5.74) is 0. The van der Waals surface area contributed by atoms with Crippen LogP contribution in [0.25, 0.3) is 0 Å². The van der Waals surface area contributed by atoms with Gasteiger partial charge in [0.05, 0.1) is 0 Å². The highest BCUT2D eigenvalue weighted by molar-refractivity contribution is 4.76. The summed E-state index contributed by atoms with van der Waals surface area (Å²) in [7, 11) is 0. The van der Waals surface area contributed by atoms with E-state index in [-0.39, 0.29) is 0 Å². The minimum atomic E-state index is 0.856. The van der Waals surface area contributed by atoms with Crippen LogP contribution < -0.4 is 10.6 Å². The SMILES string of the molecule is C1CCC(NCCC2CCNC2)C1. The van der Waals surface area contributed by atoms with Crippen molar-refractivity contribution in [3.8, 4) is 0 Å². The van der Waals surface area contributed by atoms with Crippen molar-refractivity contribution in [1.82, 2.24) is 10.6 Å². The highest BCUT2D eigenvalue weighted by Crippen LogP contribution is 2.18. The van der Waals surface area contributed by atoms with E-state index in [2.05, 4.69) is 10.6 Å². The monoisotopic (exact) mass is 182 g/mol. The quantitative estimate of drug-likeness (QED) is 0.689. The van der Waals surface area contributed by atoms with E-state index in [1.807, 2.05) is 0 Å². The fourth-order valence-electron chi connectivity index (χ4n) is 2.58. The normalized spacial score (nSPS) is 30.0. The number of rotatable bonds is 4. The van der Waals surface area contributed by atoms with Crippen LogP contribution >= 0.6 is 0 Å². The van der Waals surface area contributed by atoms with Crippen molar-refractivity contribution in [3.05, 3.63) is 0 Å². The lowest BCUT2D eigenvalue weighted by molar-refractivity contribution is 0.455. The average Bonchev–Trinajstić information content (AvgIpc) is 2.75. The van der Waals surface area contributed by atoms with Crippen LogP contribution in [0, 0.1) is 5.92 Å². The fourth-order valence-corrected chi connectivity index (χ4v) is 2.58. The van der Waals surface area contributed by atoms with Crippen LogP contribution in [-0.2, 0) is 0 Å². The first kappa shape index (κ1) is 9.47. The average molecular weight is 182 g/mol. The molecule has 76 valence electrons. The van der Waals surface area contributed by atoms with Gasteiger partial charge < -0.3 is 10.6 Å². The molecule has 1 saturated carbocycles. The predicted octanol–water partition coefficient (Wildman–Crippen LogP) is 1.52. The van der Waals surface area contributed by atoms with Crippen LogP contribution in [0.4, 0.5) is 0 Å². The van der Waals surface area contributed by atoms with Crippen molar-refractivity contribution in [2.45, 2.75) is 44.6 Å². The molecular formula is C11H22N2. The van der Waals surface area contributed by atoms with Crippen LogP contribution in [0.5, 0.6) is 0 Å². The lowest BCUT2D eigenvalue weighted by Gasteiger charge is -2.13. The Morgan fingerprint density at radius 2 is 2.00 bits per heavy atom. The van der Waals surface area contributed by atoms with Gasteiger partial charge in [-0.25, -0.2) is 0 Å². The molecule has 0 spiro atoms. The van der Waals surface area contributed by atoms with Crippen LogP contribution in [0.3, 0.4) is 0 Å². The van der Waals surface area contributed by atoms with Crippen LogP contribution in [0.1, 0.15) is 38.5 Å². The smallest absolute Gasteiger partial charge is 0.00670 e. The third-order valence-corrected chi connectivity index (χ3v) is 3.50. The van der Waals surface area contributed by atoms with Gasteiger partial charge in [-0.1, -0.05) is 12.8 Å². The minimum absolute atomic E-state index is 0.856. The zero-order valence-corrected chi connectivity index (χ0v) is 8.52. The molecule has 0 aromatic heterocycles. The maximum absolute atomic E-state index is 3.68. The largest absolute Gasteiger partial charge is 0.316 e. The number of hydrogen-bond donors (Lipinski definition) is 2. The Morgan fingerprint density at radius 1 is 1.15 bits per heavy atom. The van der Waals surface area contributed by atoms with Gasteiger partial charge in [-0.3, -0.25) is 0 Å². The molecule has 0 aromatic carbocycles. The van der Waals surface area contributed by atoms with Gasteiger partial charge in [-0.05, 0) is 51.2 Å². The van der Waals surface area contributed by atoms with E-state index in [0.717, 1.165) is 12.0 Å². The molecule has 1 heterocycles. The molecule has 0 aromatic rings. The third-order valence-electron chi connectivity index (χ3n) is 3.50. The van der Waals surface area contributed by atoms with Crippen LogP contribution in [-0.4, -0.2) is 25.7 Å². The summed E-state index contributed by atoms with van der Waals surface area (Å²) in [6.45, 7) is 3.75. The maximum atomic E-state index is 3.68. The highest BCUT2D eigenvalue weighted by atomic mass is 14.9. The molecule has 2 N–H and O–H groups in total. The summed E-state index contributed by atoms with van der Waals surface area (Å²) in [6, 6.07) is 0.856. The summed E-state index contributed by atoms with van der Waals surface area (Å²) in [6.07, 6.45) is 8.51. The molecule has 2 nitrogen and oxygen atoms in total. The molecule has 1 atom stereocenters. The van der Waals surface area contributed by atoms with E-state index >= 15 is 0 Å². The lowest BCUT2D eigenvalue weighted by atomic mass is 10.1. The summed E-state index contributed by atoms with van der Waals surface area (Å²) in [5.74, 6) is 0.953. The molecule has 1 saturated heterocycles. The van der Waals surface area contributed by atoms with Crippen molar-refractivity contribution in [1.29, 1.82) is 0 Å². The molecule has 2 fully saturated rings. The number of hydrogen-bond acceptors (Lipinski definition) is 2.